The molecule has 1 aromatic carbocycles. The maximum Gasteiger partial charge on any atom is 0.312 e. The summed E-state index contributed by atoms with van der Waals surface area (Å²) in [7, 11) is -2.43. The van der Waals surface area contributed by atoms with Gasteiger partial charge in [0.05, 0.1) is 22.7 Å². The number of rotatable bonds is 3. The number of sulfone groups is 1. The number of hydrogen-bond acceptors (Lipinski definition) is 4. The Labute approximate surface area is 117 Å². The highest BCUT2D eigenvalue weighted by Gasteiger charge is 2.52. The summed E-state index contributed by atoms with van der Waals surface area (Å²) in [4.78, 5) is 12.0. The number of hydrogen-bond donors (Lipinski definition) is 0. The number of methoxy groups -OCH3 is 1. The molecule has 0 N–H and O–H groups in total. The minimum Gasteiger partial charge on any atom is -0.469 e. The van der Waals surface area contributed by atoms with Gasteiger partial charge in [0.1, 0.15) is 5.82 Å². The van der Waals surface area contributed by atoms with Gasteiger partial charge in [-0.25, -0.2) is 12.8 Å². The SMILES string of the molecule is COC(=O)C1(C)CCCC1S(=O)(=O)c1ccc(F)cc1. The molecule has 1 aliphatic carbocycles. The van der Waals surface area contributed by atoms with Crippen LogP contribution >= 0.6 is 0 Å². The number of esters is 1. The quantitative estimate of drug-likeness (QED) is 0.635. The van der Waals surface area contributed by atoms with Crippen molar-refractivity contribution in [3.63, 3.8) is 0 Å². The third kappa shape index (κ3) is 2.32. The lowest BCUT2D eigenvalue weighted by atomic mass is 9.89. The number of halogens is 1. The molecular weight excluding hydrogens is 283 g/mol. The Kier molecular flexibility index (Phi) is 3.86. The van der Waals surface area contributed by atoms with Gasteiger partial charge in [-0.1, -0.05) is 6.42 Å². The van der Waals surface area contributed by atoms with Crippen molar-refractivity contribution < 1.29 is 22.3 Å². The Morgan fingerprint density at radius 3 is 2.50 bits per heavy atom. The van der Waals surface area contributed by atoms with Gasteiger partial charge >= 0.3 is 5.97 Å². The van der Waals surface area contributed by atoms with Gasteiger partial charge in [-0.2, -0.15) is 0 Å². The van der Waals surface area contributed by atoms with Crippen molar-refractivity contribution in [2.45, 2.75) is 36.3 Å². The molecular formula is C14H17FO4S. The molecule has 2 atom stereocenters. The van der Waals surface area contributed by atoms with Gasteiger partial charge in [0.25, 0.3) is 0 Å². The van der Waals surface area contributed by atoms with Crippen LogP contribution in [0.4, 0.5) is 4.39 Å². The highest BCUT2D eigenvalue weighted by molar-refractivity contribution is 7.92. The third-order valence-electron chi connectivity index (χ3n) is 4.04. The molecule has 20 heavy (non-hydrogen) atoms. The van der Waals surface area contributed by atoms with Crippen molar-refractivity contribution in [3.05, 3.63) is 30.1 Å². The summed E-state index contributed by atoms with van der Waals surface area (Å²) in [5.74, 6) is -1.00. The Bertz CT molecular complexity index is 609. The highest BCUT2D eigenvalue weighted by atomic mass is 32.2. The monoisotopic (exact) mass is 300 g/mol. The molecule has 1 saturated carbocycles. The van der Waals surface area contributed by atoms with E-state index in [2.05, 4.69) is 0 Å². The van der Waals surface area contributed by atoms with Crippen molar-refractivity contribution >= 4 is 15.8 Å². The summed E-state index contributed by atoms with van der Waals surface area (Å²) in [5.41, 5.74) is -1.04. The smallest absolute Gasteiger partial charge is 0.312 e. The highest BCUT2D eigenvalue weighted by Crippen LogP contribution is 2.44. The van der Waals surface area contributed by atoms with E-state index in [1.165, 1.54) is 19.2 Å². The van der Waals surface area contributed by atoms with E-state index in [-0.39, 0.29) is 4.90 Å². The van der Waals surface area contributed by atoms with Gasteiger partial charge in [0, 0.05) is 0 Å². The summed E-state index contributed by atoms with van der Waals surface area (Å²) in [6.07, 6.45) is 1.53. The predicted molar refractivity (Wildman–Crippen MR) is 71.3 cm³/mol. The first-order chi connectivity index (χ1) is 9.32. The van der Waals surface area contributed by atoms with Gasteiger partial charge in [-0.3, -0.25) is 4.79 Å². The fraction of sp³-hybridized carbons (Fsp3) is 0.500. The van der Waals surface area contributed by atoms with Gasteiger partial charge in [-0.05, 0) is 44.0 Å². The molecule has 0 spiro atoms. The molecule has 0 radical (unpaired) electrons. The van der Waals surface area contributed by atoms with Gasteiger partial charge < -0.3 is 4.74 Å². The lowest BCUT2D eigenvalue weighted by molar-refractivity contribution is -0.151. The second-order valence-electron chi connectivity index (χ2n) is 5.29. The van der Waals surface area contributed by atoms with Crippen molar-refractivity contribution in [1.82, 2.24) is 0 Å². The average molecular weight is 300 g/mol. The first-order valence-electron chi connectivity index (χ1n) is 6.40. The molecule has 1 fully saturated rings. The first kappa shape index (κ1) is 15.0. The molecule has 6 heteroatoms. The van der Waals surface area contributed by atoms with E-state index in [4.69, 9.17) is 4.74 Å². The number of carbonyl (C=O) groups excluding carboxylic acids is 1. The average Bonchev–Trinajstić information content (AvgIpc) is 2.82. The molecule has 2 unspecified atom stereocenters. The molecule has 1 aromatic rings. The van der Waals surface area contributed by atoms with Crippen LogP contribution in [0.3, 0.4) is 0 Å². The second-order valence-corrected chi connectivity index (χ2v) is 7.42. The Balaban J connectivity index is 2.43. The van der Waals surface area contributed by atoms with Crippen LogP contribution in [0, 0.1) is 11.2 Å². The van der Waals surface area contributed by atoms with Crippen molar-refractivity contribution in [2.24, 2.45) is 5.41 Å². The van der Waals surface area contributed by atoms with E-state index in [0.29, 0.717) is 19.3 Å². The molecule has 110 valence electrons. The van der Waals surface area contributed by atoms with Crippen LogP contribution in [-0.2, 0) is 19.4 Å². The zero-order valence-corrected chi connectivity index (χ0v) is 12.2. The van der Waals surface area contributed by atoms with E-state index < -0.39 is 32.3 Å². The maximum atomic E-state index is 12.9. The number of ether oxygens (including phenoxy) is 1. The molecule has 0 saturated heterocycles. The van der Waals surface area contributed by atoms with Gasteiger partial charge in [-0.15, -0.1) is 0 Å². The van der Waals surface area contributed by atoms with Crippen LogP contribution in [0.15, 0.2) is 29.2 Å². The molecule has 2 rings (SSSR count). The third-order valence-corrected chi connectivity index (χ3v) is 6.48. The summed E-state index contributed by atoms with van der Waals surface area (Å²) < 4.78 is 43.0. The van der Waals surface area contributed by atoms with E-state index >= 15 is 0 Å². The fourth-order valence-corrected chi connectivity index (χ4v) is 5.11. The van der Waals surface area contributed by atoms with E-state index in [0.717, 1.165) is 12.1 Å². The Morgan fingerprint density at radius 1 is 1.35 bits per heavy atom. The number of carbonyl (C=O) groups is 1. The molecule has 0 aliphatic heterocycles. The normalized spacial score (nSPS) is 26.4. The Hall–Kier alpha value is -1.43. The van der Waals surface area contributed by atoms with Crippen LogP contribution in [-0.4, -0.2) is 26.7 Å². The van der Waals surface area contributed by atoms with Crippen LogP contribution in [0.25, 0.3) is 0 Å². The zero-order valence-electron chi connectivity index (χ0n) is 11.4. The maximum absolute atomic E-state index is 12.9. The van der Waals surface area contributed by atoms with Crippen LogP contribution < -0.4 is 0 Å². The Morgan fingerprint density at radius 2 is 1.95 bits per heavy atom. The molecule has 0 amide bonds. The predicted octanol–water partition coefficient (Wildman–Crippen LogP) is 2.33. The van der Waals surface area contributed by atoms with Crippen molar-refractivity contribution in [3.8, 4) is 0 Å². The van der Waals surface area contributed by atoms with Crippen LogP contribution in [0.5, 0.6) is 0 Å². The van der Waals surface area contributed by atoms with Crippen LogP contribution in [0.2, 0.25) is 0 Å². The minimum absolute atomic E-state index is 0.0425. The van der Waals surface area contributed by atoms with Crippen molar-refractivity contribution in [1.29, 1.82) is 0 Å². The lowest BCUT2D eigenvalue weighted by Crippen LogP contribution is -2.41. The van der Waals surface area contributed by atoms with E-state index in [1.54, 1.807) is 6.92 Å². The lowest BCUT2D eigenvalue weighted by Gasteiger charge is -2.28. The summed E-state index contributed by atoms with van der Waals surface area (Å²) in [5, 5.41) is -0.826. The molecule has 0 bridgehead atoms. The molecule has 0 aromatic heterocycles. The molecule has 0 heterocycles. The first-order valence-corrected chi connectivity index (χ1v) is 7.95. The van der Waals surface area contributed by atoms with Gasteiger partial charge in [0.2, 0.25) is 0 Å². The standard InChI is InChI=1S/C14H17FO4S/c1-14(13(16)19-2)9-3-4-12(14)20(17,18)11-7-5-10(15)6-8-11/h5-8,12H,3-4,9H2,1-2H3. The second kappa shape index (κ2) is 5.16. The number of benzene rings is 1. The topological polar surface area (TPSA) is 60.4 Å². The van der Waals surface area contributed by atoms with E-state index in [9.17, 15) is 17.6 Å². The van der Waals surface area contributed by atoms with Crippen LogP contribution in [0.1, 0.15) is 26.2 Å². The zero-order chi connectivity index (χ0) is 15.0. The largest absolute Gasteiger partial charge is 0.469 e. The summed E-state index contributed by atoms with van der Waals surface area (Å²) >= 11 is 0. The van der Waals surface area contributed by atoms with E-state index in [1.807, 2.05) is 0 Å². The van der Waals surface area contributed by atoms with Gasteiger partial charge in [0.15, 0.2) is 9.84 Å². The molecule has 4 nitrogen and oxygen atoms in total. The minimum atomic E-state index is -3.69. The van der Waals surface area contributed by atoms with Crippen molar-refractivity contribution in [2.75, 3.05) is 7.11 Å². The summed E-state index contributed by atoms with van der Waals surface area (Å²) in [6.45, 7) is 1.62. The molecule has 1 aliphatic rings. The fourth-order valence-electron chi connectivity index (χ4n) is 2.89. The summed E-state index contributed by atoms with van der Waals surface area (Å²) in [6, 6.07) is 4.69.